The minimum atomic E-state index is -2.94. The van der Waals surface area contributed by atoms with Gasteiger partial charge in [-0.05, 0) is 49.0 Å². The Labute approximate surface area is 215 Å². The van der Waals surface area contributed by atoms with Crippen LogP contribution in [0.1, 0.15) is 45.1 Å². The van der Waals surface area contributed by atoms with Gasteiger partial charge in [0.25, 0.3) is 11.8 Å². The number of anilines is 1. The van der Waals surface area contributed by atoms with Crippen LogP contribution in [0.2, 0.25) is 0 Å². The fourth-order valence-electron chi connectivity index (χ4n) is 4.85. The van der Waals surface area contributed by atoms with E-state index >= 15 is 8.78 Å². The van der Waals surface area contributed by atoms with Gasteiger partial charge in [-0.15, -0.1) is 0 Å². The number of halogens is 2. The lowest BCUT2D eigenvalue weighted by atomic mass is 10.0. The number of methoxy groups -OCH3 is 1. The Morgan fingerprint density at radius 3 is 2.62 bits per heavy atom. The van der Waals surface area contributed by atoms with Crippen molar-refractivity contribution in [2.24, 2.45) is 0 Å². The molecule has 1 saturated heterocycles. The molecule has 37 heavy (non-hydrogen) atoms. The Morgan fingerprint density at radius 1 is 1.05 bits per heavy atom. The highest BCUT2D eigenvalue weighted by molar-refractivity contribution is 6.04. The number of nitrogens with zero attached hydrogens (tertiary/aromatic N) is 3. The normalized spacial score (nSPS) is 19.0. The van der Waals surface area contributed by atoms with Crippen LogP contribution in [0, 0.1) is 11.8 Å². The van der Waals surface area contributed by atoms with Crippen molar-refractivity contribution in [1.82, 2.24) is 14.8 Å². The van der Waals surface area contributed by atoms with Gasteiger partial charge in [0, 0.05) is 72.8 Å². The smallest absolute Gasteiger partial charge is 0.275 e. The number of hydrogen-bond donors (Lipinski definition) is 1. The quantitative estimate of drug-likeness (QED) is 0.532. The van der Waals surface area contributed by atoms with Gasteiger partial charge in [0.15, 0.2) is 0 Å². The summed E-state index contributed by atoms with van der Waals surface area (Å²) in [4.78, 5) is 21.4. The number of carbonyl (C=O) groups is 1. The summed E-state index contributed by atoms with van der Waals surface area (Å²) in [5.74, 6) is 3.32. The summed E-state index contributed by atoms with van der Waals surface area (Å²) in [7, 11) is 3.61. The Kier molecular flexibility index (Phi) is 6.92. The number of benzene rings is 2. The second-order valence-corrected chi connectivity index (χ2v) is 9.46. The molecule has 1 amide bonds. The number of pyridine rings is 1. The van der Waals surface area contributed by atoms with Gasteiger partial charge >= 0.3 is 0 Å². The van der Waals surface area contributed by atoms with Crippen molar-refractivity contribution in [3.05, 3.63) is 88.7 Å². The predicted molar refractivity (Wildman–Crippen MR) is 138 cm³/mol. The predicted octanol–water partition coefficient (Wildman–Crippen LogP) is 4.53. The molecule has 1 aromatic heterocycles. The second kappa shape index (κ2) is 10.3. The first-order valence-corrected chi connectivity index (χ1v) is 12.2. The number of carbonyl (C=O) groups excluding carboxylic acids is 1. The van der Waals surface area contributed by atoms with E-state index in [-0.39, 0.29) is 23.9 Å². The average molecular weight is 503 g/mol. The minimum absolute atomic E-state index is 0.000689. The van der Waals surface area contributed by atoms with Crippen LogP contribution in [0.3, 0.4) is 0 Å². The maximum absolute atomic E-state index is 15.0. The van der Waals surface area contributed by atoms with Crippen molar-refractivity contribution in [2.75, 3.05) is 45.7 Å². The van der Waals surface area contributed by atoms with Crippen LogP contribution in [0.15, 0.2) is 60.9 Å². The highest BCUT2D eigenvalue weighted by atomic mass is 19.3. The van der Waals surface area contributed by atoms with E-state index in [1.165, 1.54) is 6.07 Å². The number of piperazine rings is 1. The van der Waals surface area contributed by atoms with E-state index < -0.39 is 5.92 Å². The van der Waals surface area contributed by atoms with Gasteiger partial charge in [0.2, 0.25) is 0 Å². The molecule has 1 N–H and O–H groups in total. The Morgan fingerprint density at radius 2 is 1.84 bits per heavy atom. The molecule has 1 atom stereocenters. The number of fused-ring (bicyclic) bond motifs is 1. The van der Waals surface area contributed by atoms with Crippen LogP contribution in [0.25, 0.3) is 0 Å². The van der Waals surface area contributed by atoms with E-state index in [1.54, 1.807) is 62.0 Å². The first-order chi connectivity index (χ1) is 17.8. The van der Waals surface area contributed by atoms with Crippen LogP contribution in [-0.4, -0.2) is 61.0 Å². The lowest BCUT2D eigenvalue weighted by Gasteiger charge is -2.36. The van der Waals surface area contributed by atoms with Crippen LogP contribution in [0.5, 0.6) is 5.75 Å². The molecule has 8 heteroatoms. The molecule has 2 heterocycles. The molecule has 1 fully saturated rings. The van der Waals surface area contributed by atoms with Crippen molar-refractivity contribution >= 4 is 11.6 Å². The van der Waals surface area contributed by atoms with Gasteiger partial charge in [-0.25, -0.2) is 8.78 Å². The van der Waals surface area contributed by atoms with E-state index in [2.05, 4.69) is 31.9 Å². The zero-order valence-electron chi connectivity index (χ0n) is 20.8. The number of amides is 1. The number of nitrogens with one attached hydrogen (secondary N) is 1. The van der Waals surface area contributed by atoms with Gasteiger partial charge in [-0.3, -0.25) is 14.7 Å². The van der Waals surface area contributed by atoms with Gasteiger partial charge in [0.1, 0.15) is 5.75 Å². The largest absolute Gasteiger partial charge is 0.495 e. The molecule has 190 valence electrons. The molecule has 0 radical (unpaired) electrons. The van der Waals surface area contributed by atoms with E-state index in [0.29, 0.717) is 33.7 Å². The summed E-state index contributed by atoms with van der Waals surface area (Å²) < 4.78 is 35.2. The first kappa shape index (κ1) is 24.9. The Bertz CT molecular complexity index is 1370. The average Bonchev–Trinajstić information content (AvgIpc) is 3.18. The fraction of sp³-hybridized carbons (Fsp3) is 0.310. The zero-order valence-corrected chi connectivity index (χ0v) is 20.8. The lowest BCUT2D eigenvalue weighted by Crippen LogP contribution is -2.45. The van der Waals surface area contributed by atoms with Gasteiger partial charge in [-0.2, -0.15) is 0 Å². The molecule has 1 aliphatic heterocycles. The maximum atomic E-state index is 15.0. The summed E-state index contributed by atoms with van der Waals surface area (Å²) in [5, 5.41) is 2.77. The molecule has 1 aliphatic carbocycles. The number of rotatable bonds is 4. The van der Waals surface area contributed by atoms with E-state index in [9.17, 15) is 4.79 Å². The highest BCUT2D eigenvalue weighted by Gasteiger charge is 2.47. The summed E-state index contributed by atoms with van der Waals surface area (Å²) >= 11 is 0. The lowest BCUT2D eigenvalue weighted by molar-refractivity contribution is -0.0257. The number of likely N-dealkylation sites (N-methyl/N-ethyl adjacent to an activating group) is 1. The third-order valence-electron chi connectivity index (χ3n) is 6.92. The van der Waals surface area contributed by atoms with Crippen LogP contribution < -0.4 is 10.1 Å². The summed E-state index contributed by atoms with van der Waals surface area (Å²) in [5.41, 5.74) is 2.71. The van der Waals surface area contributed by atoms with E-state index in [4.69, 9.17) is 4.74 Å². The standard InChI is InChI=1S/C29H28F2N4O2/c1-34-10-12-35(13-11-34)27-17-29(30,31)26-16-23(8-9-25(26)27)33-28(36)22-5-3-4-20(14-22)6-7-21-15-24(37-2)19-32-18-21/h3-5,8-9,14-16,18-19,27H,10-13,17H2,1-2H3,(H,33,36). The summed E-state index contributed by atoms with van der Waals surface area (Å²) in [6.07, 6.45) is 2.99. The molecule has 0 bridgehead atoms. The Hall–Kier alpha value is -3.80. The molecule has 2 aliphatic rings. The number of ether oxygens (including phenoxy) is 1. The number of hydrogen-bond acceptors (Lipinski definition) is 5. The van der Waals surface area contributed by atoms with E-state index in [1.807, 2.05) is 7.05 Å². The zero-order chi connectivity index (χ0) is 26.0. The van der Waals surface area contributed by atoms with Crippen molar-refractivity contribution in [2.45, 2.75) is 18.4 Å². The van der Waals surface area contributed by atoms with Gasteiger partial charge < -0.3 is 15.0 Å². The third-order valence-corrected chi connectivity index (χ3v) is 6.92. The molecular weight excluding hydrogens is 474 g/mol. The van der Waals surface area contributed by atoms with Crippen molar-refractivity contribution in [3.8, 4) is 17.6 Å². The van der Waals surface area contributed by atoms with Crippen LogP contribution in [0.4, 0.5) is 14.5 Å². The molecule has 5 rings (SSSR count). The molecular formula is C29H28F2N4O2. The van der Waals surface area contributed by atoms with Crippen molar-refractivity contribution < 1.29 is 18.3 Å². The molecule has 0 spiro atoms. The van der Waals surface area contributed by atoms with Crippen molar-refractivity contribution in [3.63, 3.8) is 0 Å². The van der Waals surface area contributed by atoms with Crippen LogP contribution >= 0.6 is 0 Å². The van der Waals surface area contributed by atoms with Gasteiger partial charge in [-0.1, -0.05) is 24.0 Å². The molecule has 0 saturated carbocycles. The molecule has 3 aromatic rings. The monoisotopic (exact) mass is 502 g/mol. The van der Waals surface area contributed by atoms with E-state index in [0.717, 1.165) is 26.2 Å². The molecule has 2 aromatic carbocycles. The minimum Gasteiger partial charge on any atom is -0.495 e. The second-order valence-electron chi connectivity index (χ2n) is 9.46. The summed E-state index contributed by atoms with van der Waals surface area (Å²) in [6, 6.07) is 13.2. The number of alkyl halides is 2. The summed E-state index contributed by atoms with van der Waals surface area (Å²) in [6.45, 7) is 3.27. The SMILES string of the molecule is COc1cncc(C#Cc2cccc(C(=O)Nc3ccc4c(c3)C(F)(F)CC4N3CCN(C)CC3)c2)c1. The topological polar surface area (TPSA) is 57.7 Å². The van der Waals surface area contributed by atoms with Crippen LogP contribution in [-0.2, 0) is 5.92 Å². The number of aromatic nitrogens is 1. The van der Waals surface area contributed by atoms with Crippen molar-refractivity contribution in [1.29, 1.82) is 0 Å². The maximum Gasteiger partial charge on any atom is 0.275 e. The Balaban J connectivity index is 1.32. The van der Waals surface area contributed by atoms with Gasteiger partial charge in [0.05, 0.1) is 13.3 Å². The molecule has 1 unspecified atom stereocenters. The fourth-order valence-corrected chi connectivity index (χ4v) is 4.85. The first-order valence-electron chi connectivity index (χ1n) is 12.2. The molecule has 6 nitrogen and oxygen atoms in total. The highest BCUT2D eigenvalue weighted by Crippen LogP contribution is 2.50. The third kappa shape index (κ3) is 5.48.